The maximum absolute atomic E-state index is 5.58. The van der Waals surface area contributed by atoms with Gasteiger partial charge >= 0.3 is 0 Å². The molecule has 0 atom stereocenters. The highest BCUT2D eigenvalue weighted by atomic mass is 79.9. The van der Waals surface area contributed by atoms with Crippen LogP contribution >= 0.6 is 43.5 Å². The van der Waals surface area contributed by atoms with Gasteiger partial charge in [-0.25, -0.2) is 0 Å². The molecule has 0 bridgehead atoms. The highest BCUT2D eigenvalue weighted by Gasteiger charge is 2.12. The van der Waals surface area contributed by atoms with Gasteiger partial charge in [-0.15, -0.1) is 11.6 Å². The quantitative estimate of drug-likeness (QED) is 0.780. The van der Waals surface area contributed by atoms with Gasteiger partial charge < -0.3 is 4.52 Å². The molecule has 2 rings (SSSR count). The summed E-state index contributed by atoms with van der Waals surface area (Å²) in [7, 11) is 0. The molecule has 0 saturated heterocycles. The minimum Gasteiger partial charge on any atom is -0.339 e. The van der Waals surface area contributed by atoms with Gasteiger partial charge in [-0.3, -0.25) is 4.98 Å². The van der Waals surface area contributed by atoms with Crippen molar-refractivity contribution in [2.45, 2.75) is 6.42 Å². The summed E-state index contributed by atoms with van der Waals surface area (Å²) in [6.45, 7) is 0. The third kappa shape index (κ3) is 2.61. The zero-order valence-corrected chi connectivity index (χ0v) is 11.9. The summed E-state index contributed by atoms with van der Waals surface area (Å²) in [6, 6.07) is 1.87. The van der Waals surface area contributed by atoms with Gasteiger partial charge in [-0.1, -0.05) is 5.16 Å². The van der Waals surface area contributed by atoms with E-state index in [0.717, 1.165) is 8.95 Å². The Morgan fingerprint density at radius 2 is 2.19 bits per heavy atom. The molecule has 0 saturated carbocycles. The predicted octanol–water partition coefficient (Wildman–Crippen LogP) is 3.44. The molecule has 0 N–H and O–H groups in total. The van der Waals surface area contributed by atoms with E-state index in [1.165, 1.54) is 0 Å². The molecule has 0 aliphatic heterocycles. The summed E-state index contributed by atoms with van der Waals surface area (Å²) < 4.78 is 6.71. The molecule has 0 aromatic carbocycles. The molecule has 16 heavy (non-hydrogen) atoms. The standard InChI is InChI=1S/C9H6Br2ClN3O/c10-5-3-6(11)8(13-4-5)9-14-7(1-2-12)16-15-9/h3-4H,1-2H2. The van der Waals surface area contributed by atoms with Crippen LogP contribution in [0.4, 0.5) is 0 Å². The summed E-state index contributed by atoms with van der Waals surface area (Å²) >= 11 is 12.3. The third-order valence-corrected chi connectivity index (χ3v) is 3.02. The van der Waals surface area contributed by atoms with Crippen molar-refractivity contribution in [3.8, 4) is 11.5 Å². The molecule has 0 fully saturated rings. The molecule has 84 valence electrons. The first kappa shape index (κ1) is 12.0. The topological polar surface area (TPSA) is 51.8 Å². The Bertz CT molecular complexity index is 503. The lowest BCUT2D eigenvalue weighted by atomic mass is 10.3. The van der Waals surface area contributed by atoms with Crippen molar-refractivity contribution in [3.63, 3.8) is 0 Å². The van der Waals surface area contributed by atoms with Crippen LogP contribution < -0.4 is 0 Å². The Balaban J connectivity index is 2.35. The molecular weight excluding hydrogens is 361 g/mol. The molecule has 0 aliphatic carbocycles. The second kappa shape index (κ2) is 5.25. The number of hydrogen-bond donors (Lipinski definition) is 0. The molecular formula is C9H6Br2ClN3O. The van der Waals surface area contributed by atoms with Crippen LogP contribution in [0.15, 0.2) is 25.7 Å². The minimum absolute atomic E-state index is 0.455. The maximum atomic E-state index is 5.58. The molecule has 0 spiro atoms. The molecule has 2 heterocycles. The van der Waals surface area contributed by atoms with Gasteiger partial charge in [-0.05, 0) is 37.9 Å². The highest BCUT2D eigenvalue weighted by Crippen LogP contribution is 2.26. The van der Waals surface area contributed by atoms with Gasteiger partial charge in [0.05, 0.1) is 0 Å². The monoisotopic (exact) mass is 365 g/mol. The number of pyridine rings is 1. The average Bonchev–Trinajstić information content (AvgIpc) is 2.67. The number of nitrogens with zero attached hydrogens (tertiary/aromatic N) is 3. The highest BCUT2D eigenvalue weighted by molar-refractivity contribution is 9.11. The fraction of sp³-hybridized carbons (Fsp3) is 0.222. The summed E-state index contributed by atoms with van der Waals surface area (Å²) in [5.74, 6) is 1.43. The van der Waals surface area contributed by atoms with E-state index in [2.05, 4.69) is 47.0 Å². The lowest BCUT2D eigenvalue weighted by molar-refractivity contribution is 0.383. The lowest BCUT2D eigenvalue weighted by Gasteiger charge is -1.97. The Morgan fingerprint density at radius 1 is 1.38 bits per heavy atom. The van der Waals surface area contributed by atoms with Gasteiger partial charge in [0.25, 0.3) is 0 Å². The number of aromatic nitrogens is 3. The molecule has 0 aliphatic rings. The van der Waals surface area contributed by atoms with Crippen molar-refractivity contribution >= 4 is 43.5 Å². The first-order valence-corrected chi connectivity index (χ1v) is 6.52. The van der Waals surface area contributed by atoms with E-state index in [0.29, 0.717) is 29.7 Å². The SMILES string of the molecule is ClCCc1nc(-c2ncc(Br)cc2Br)no1. The van der Waals surface area contributed by atoms with E-state index in [9.17, 15) is 0 Å². The van der Waals surface area contributed by atoms with Crippen LogP contribution in [0.1, 0.15) is 5.89 Å². The molecule has 0 unspecified atom stereocenters. The smallest absolute Gasteiger partial charge is 0.228 e. The van der Waals surface area contributed by atoms with Crippen molar-refractivity contribution in [2.75, 3.05) is 5.88 Å². The van der Waals surface area contributed by atoms with Crippen molar-refractivity contribution in [2.24, 2.45) is 0 Å². The van der Waals surface area contributed by atoms with E-state index in [4.69, 9.17) is 16.1 Å². The van der Waals surface area contributed by atoms with Crippen LogP contribution in [0.25, 0.3) is 11.5 Å². The molecule has 2 aromatic heterocycles. The van der Waals surface area contributed by atoms with Crippen molar-refractivity contribution < 1.29 is 4.52 Å². The first-order chi connectivity index (χ1) is 7.70. The number of hydrogen-bond acceptors (Lipinski definition) is 4. The molecule has 7 heteroatoms. The van der Waals surface area contributed by atoms with E-state index in [1.54, 1.807) is 6.20 Å². The van der Waals surface area contributed by atoms with Crippen LogP contribution in [0, 0.1) is 0 Å². The molecule has 4 nitrogen and oxygen atoms in total. The van der Waals surface area contributed by atoms with E-state index >= 15 is 0 Å². The molecule has 0 radical (unpaired) electrons. The zero-order valence-electron chi connectivity index (χ0n) is 7.95. The summed E-state index contributed by atoms with van der Waals surface area (Å²) in [5.41, 5.74) is 0.646. The maximum Gasteiger partial charge on any atom is 0.228 e. The Hall–Kier alpha value is -0.460. The second-order valence-corrected chi connectivity index (χ2v) is 5.08. The Morgan fingerprint density at radius 3 is 2.88 bits per heavy atom. The van der Waals surface area contributed by atoms with Gasteiger partial charge in [0.1, 0.15) is 5.69 Å². The number of alkyl halides is 1. The molecule has 0 amide bonds. The second-order valence-electron chi connectivity index (χ2n) is 2.93. The van der Waals surface area contributed by atoms with Gasteiger partial charge in [0, 0.05) is 27.4 Å². The summed E-state index contributed by atoms with van der Waals surface area (Å²) in [4.78, 5) is 8.40. The Labute approximate surface area is 114 Å². The van der Waals surface area contributed by atoms with Crippen molar-refractivity contribution in [3.05, 3.63) is 27.1 Å². The minimum atomic E-state index is 0.455. The average molecular weight is 367 g/mol. The van der Waals surface area contributed by atoms with E-state index in [-0.39, 0.29) is 0 Å². The third-order valence-electron chi connectivity index (χ3n) is 1.80. The predicted molar refractivity (Wildman–Crippen MR) is 67.4 cm³/mol. The first-order valence-electron chi connectivity index (χ1n) is 4.40. The van der Waals surface area contributed by atoms with Gasteiger partial charge in [0.15, 0.2) is 0 Å². The normalized spacial score (nSPS) is 10.7. The van der Waals surface area contributed by atoms with E-state index in [1.807, 2.05) is 6.07 Å². The Kier molecular flexibility index (Phi) is 3.94. The zero-order chi connectivity index (χ0) is 11.5. The van der Waals surface area contributed by atoms with Gasteiger partial charge in [0.2, 0.25) is 11.7 Å². The van der Waals surface area contributed by atoms with E-state index < -0.39 is 0 Å². The molecule has 2 aromatic rings. The van der Waals surface area contributed by atoms with Crippen molar-refractivity contribution in [1.82, 2.24) is 15.1 Å². The van der Waals surface area contributed by atoms with Crippen LogP contribution in [-0.4, -0.2) is 21.0 Å². The summed E-state index contributed by atoms with van der Waals surface area (Å²) in [5, 5.41) is 3.84. The van der Waals surface area contributed by atoms with Crippen LogP contribution in [0.2, 0.25) is 0 Å². The van der Waals surface area contributed by atoms with Crippen LogP contribution in [0.5, 0.6) is 0 Å². The number of rotatable bonds is 3. The lowest BCUT2D eigenvalue weighted by Crippen LogP contribution is -1.89. The largest absolute Gasteiger partial charge is 0.339 e. The summed E-state index contributed by atoms with van der Waals surface area (Å²) in [6.07, 6.45) is 2.24. The number of aryl methyl sites for hydroxylation is 1. The fourth-order valence-electron chi connectivity index (χ4n) is 1.11. The van der Waals surface area contributed by atoms with Gasteiger partial charge in [-0.2, -0.15) is 4.98 Å². The van der Waals surface area contributed by atoms with Crippen LogP contribution in [-0.2, 0) is 6.42 Å². The number of halogens is 3. The fourth-order valence-corrected chi connectivity index (χ4v) is 2.44. The van der Waals surface area contributed by atoms with Crippen LogP contribution in [0.3, 0.4) is 0 Å². The van der Waals surface area contributed by atoms with Crippen molar-refractivity contribution in [1.29, 1.82) is 0 Å².